The maximum absolute atomic E-state index is 12.1. The van der Waals surface area contributed by atoms with Crippen molar-refractivity contribution in [2.24, 2.45) is 0 Å². The van der Waals surface area contributed by atoms with E-state index in [0.29, 0.717) is 16.5 Å². The molecule has 2 N–H and O–H groups in total. The number of carbonyl (C=O) groups is 2. The summed E-state index contributed by atoms with van der Waals surface area (Å²) >= 11 is 0. The lowest BCUT2D eigenvalue weighted by Crippen LogP contribution is -2.36. The molecule has 0 saturated carbocycles. The molecule has 0 fully saturated rings. The number of benzene rings is 1. The standard InChI is InChI=1S/C18H17N5O3/c24-16-11-22-23(15-6-2-1-5-14(15)16)12-17(25)20-8-9-21-18(26)13-4-3-7-19-10-13/h1-7,10-11H,8-9,12H2,(H,20,25)(H,21,26). The molecular weight excluding hydrogens is 334 g/mol. The lowest BCUT2D eigenvalue weighted by atomic mass is 10.2. The molecule has 0 spiro atoms. The van der Waals surface area contributed by atoms with Gasteiger partial charge >= 0.3 is 0 Å². The molecule has 0 saturated heterocycles. The fourth-order valence-electron chi connectivity index (χ4n) is 2.46. The largest absolute Gasteiger partial charge is 0.353 e. The van der Waals surface area contributed by atoms with E-state index in [4.69, 9.17) is 0 Å². The van der Waals surface area contributed by atoms with Crippen LogP contribution in [0.25, 0.3) is 10.9 Å². The van der Waals surface area contributed by atoms with Gasteiger partial charge in [0.1, 0.15) is 6.54 Å². The van der Waals surface area contributed by atoms with E-state index in [1.807, 2.05) is 0 Å². The van der Waals surface area contributed by atoms with E-state index >= 15 is 0 Å². The van der Waals surface area contributed by atoms with Crippen LogP contribution in [-0.4, -0.2) is 39.7 Å². The Kier molecular flexibility index (Phi) is 5.33. The van der Waals surface area contributed by atoms with E-state index in [2.05, 4.69) is 20.7 Å². The van der Waals surface area contributed by atoms with Crippen LogP contribution < -0.4 is 16.1 Å². The van der Waals surface area contributed by atoms with E-state index in [0.717, 1.165) is 0 Å². The van der Waals surface area contributed by atoms with E-state index in [-0.39, 0.29) is 36.9 Å². The second-order valence-corrected chi connectivity index (χ2v) is 5.53. The summed E-state index contributed by atoms with van der Waals surface area (Å²) in [5.41, 5.74) is 0.873. The van der Waals surface area contributed by atoms with Crippen molar-refractivity contribution in [3.63, 3.8) is 0 Å². The zero-order chi connectivity index (χ0) is 18.4. The first-order chi connectivity index (χ1) is 12.6. The van der Waals surface area contributed by atoms with Crippen molar-refractivity contribution in [1.82, 2.24) is 25.4 Å². The number of hydrogen-bond donors (Lipinski definition) is 2. The number of carbonyl (C=O) groups excluding carboxylic acids is 2. The Labute approximate surface area is 148 Å². The first-order valence-electron chi connectivity index (χ1n) is 8.05. The molecule has 26 heavy (non-hydrogen) atoms. The SMILES string of the molecule is O=C(Cn1ncc(=O)c2ccccc21)NCCNC(=O)c1cccnc1. The van der Waals surface area contributed by atoms with Gasteiger partial charge in [-0.05, 0) is 24.3 Å². The molecule has 3 rings (SSSR count). The third-order valence-corrected chi connectivity index (χ3v) is 3.71. The van der Waals surface area contributed by atoms with Crippen LogP contribution in [0.4, 0.5) is 0 Å². The maximum Gasteiger partial charge on any atom is 0.252 e. The fraction of sp³-hybridized carbons (Fsp3) is 0.167. The van der Waals surface area contributed by atoms with Gasteiger partial charge in [-0.1, -0.05) is 12.1 Å². The number of nitrogens with zero attached hydrogens (tertiary/aromatic N) is 3. The number of hydrogen-bond acceptors (Lipinski definition) is 5. The molecule has 1 aromatic carbocycles. The van der Waals surface area contributed by atoms with Gasteiger partial charge in [0, 0.05) is 30.9 Å². The predicted molar refractivity (Wildman–Crippen MR) is 95.6 cm³/mol. The Bertz CT molecular complexity index is 985. The van der Waals surface area contributed by atoms with Gasteiger partial charge < -0.3 is 10.6 Å². The predicted octanol–water partition coefficient (Wildman–Crippen LogP) is 0.338. The van der Waals surface area contributed by atoms with Crippen LogP contribution in [0.15, 0.2) is 59.8 Å². The lowest BCUT2D eigenvalue weighted by molar-refractivity contribution is -0.121. The van der Waals surface area contributed by atoms with Crippen LogP contribution in [0.1, 0.15) is 10.4 Å². The van der Waals surface area contributed by atoms with Gasteiger partial charge in [0.2, 0.25) is 11.3 Å². The summed E-state index contributed by atoms with van der Waals surface area (Å²) in [6.45, 7) is 0.554. The first-order valence-corrected chi connectivity index (χ1v) is 8.05. The summed E-state index contributed by atoms with van der Waals surface area (Å²) in [5, 5.41) is 9.93. The van der Waals surface area contributed by atoms with Crippen molar-refractivity contribution >= 4 is 22.7 Å². The van der Waals surface area contributed by atoms with E-state index in [9.17, 15) is 14.4 Å². The Hall–Kier alpha value is -3.55. The third-order valence-electron chi connectivity index (χ3n) is 3.71. The Morgan fingerprint density at radius 2 is 1.81 bits per heavy atom. The van der Waals surface area contributed by atoms with Gasteiger partial charge in [0.05, 0.1) is 17.3 Å². The molecular formula is C18H17N5O3. The Morgan fingerprint density at radius 1 is 1.00 bits per heavy atom. The molecule has 2 amide bonds. The molecule has 8 nitrogen and oxygen atoms in total. The Balaban J connectivity index is 1.52. The van der Waals surface area contributed by atoms with Crippen molar-refractivity contribution in [1.29, 1.82) is 0 Å². The highest BCUT2D eigenvalue weighted by molar-refractivity contribution is 5.93. The number of rotatable bonds is 6. The summed E-state index contributed by atoms with van der Waals surface area (Å²) < 4.78 is 1.47. The molecule has 132 valence electrons. The molecule has 0 unspecified atom stereocenters. The molecule has 0 radical (unpaired) electrons. The number of para-hydroxylation sites is 1. The minimum absolute atomic E-state index is 0.0165. The van der Waals surface area contributed by atoms with Crippen LogP contribution in [0, 0.1) is 0 Å². The van der Waals surface area contributed by atoms with Gasteiger partial charge in [0.15, 0.2) is 0 Å². The Morgan fingerprint density at radius 3 is 2.62 bits per heavy atom. The normalized spacial score (nSPS) is 10.5. The zero-order valence-corrected chi connectivity index (χ0v) is 13.9. The van der Waals surface area contributed by atoms with E-state index in [1.54, 1.807) is 42.6 Å². The average molecular weight is 351 g/mol. The van der Waals surface area contributed by atoms with Crippen molar-refractivity contribution in [3.8, 4) is 0 Å². The maximum atomic E-state index is 12.1. The molecule has 0 aliphatic carbocycles. The highest BCUT2D eigenvalue weighted by Gasteiger charge is 2.08. The number of nitrogens with one attached hydrogen (secondary N) is 2. The third kappa shape index (κ3) is 4.10. The quantitative estimate of drug-likeness (QED) is 0.623. The second kappa shape index (κ2) is 8.02. The summed E-state index contributed by atoms with van der Waals surface area (Å²) in [6.07, 6.45) is 4.26. The number of amides is 2. The molecule has 0 bridgehead atoms. The highest BCUT2D eigenvalue weighted by Crippen LogP contribution is 2.07. The second-order valence-electron chi connectivity index (χ2n) is 5.53. The fourth-order valence-corrected chi connectivity index (χ4v) is 2.46. The zero-order valence-electron chi connectivity index (χ0n) is 13.9. The monoisotopic (exact) mass is 351 g/mol. The van der Waals surface area contributed by atoms with E-state index < -0.39 is 0 Å². The van der Waals surface area contributed by atoms with Crippen LogP contribution in [0.3, 0.4) is 0 Å². The van der Waals surface area contributed by atoms with Crippen LogP contribution in [0.5, 0.6) is 0 Å². The number of aromatic nitrogens is 3. The van der Waals surface area contributed by atoms with Gasteiger partial charge in [-0.15, -0.1) is 0 Å². The lowest BCUT2D eigenvalue weighted by Gasteiger charge is -2.10. The van der Waals surface area contributed by atoms with Crippen molar-refractivity contribution in [2.75, 3.05) is 13.1 Å². The van der Waals surface area contributed by atoms with Crippen LogP contribution in [-0.2, 0) is 11.3 Å². The molecule has 3 aromatic rings. The molecule has 2 heterocycles. The van der Waals surface area contributed by atoms with Crippen LogP contribution in [0.2, 0.25) is 0 Å². The van der Waals surface area contributed by atoms with Gasteiger partial charge in [-0.2, -0.15) is 5.10 Å². The minimum atomic E-state index is -0.262. The summed E-state index contributed by atoms with van der Waals surface area (Å²) in [5.74, 6) is -0.512. The van der Waals surface area contributed by atoms with Crippen molar-refractivity contribution < 1.29 is 9.59 Å². The van der Waals surface area contributed by atoms with Crippen molar-refractivity contribution in [2.45, 2.75) is 6.54 Å². The molecule has 0 atom stereocenters. The van der Waals surface area contributed by atoms with Gasteiger partial charge in [0.25, 0.3) is 5.91 Å². The van der Waals surface area contributed by atoms with Crippen molar-refractivity contribution in [3.05, 3.63) is 70.8 Å². The minimum Gasteiger partial charge on any atom is -0.353 e. The molecule has 2 aromatic heterocycles. The molecule has 0 aliphatic heterocycles. The molecule has 8 heteroatoms. The topological polar surface area (TPSA) is 106 Å². The first kappa shape index (κ1) is 17.3. The highest BCUT2D eigenvalue weighted by atomic mass is 16.2. The van der Waals surface area contributed by atoms with E-state index in [1.165, 1.54) is 17.1 Å². The number of fused-ring (bicyclic) bond motifs is 1. The summed E-state index contributed by atoms with van der Waals surface area (Å²) in [4.78, 5) is 39.6. The summed E-state index contributed by atoms with van der Waals surface area (Å²) in [7, 11) is 0. The smallest absolute Gasteiger partial charge is 0.252 e. The summed E-state index contributed by atoms with van der Waals surface area (Å²) in [6, 6.07) is 10.3. The van der Waals surface area contributed by atoms with Crippen LogP contribution >= 0.6 is 0 Å². The van der Waals surface area contributed by atoms with Gasteiger partial charge in [-0.3, -0.25) is 24.0 Å². The van der Waals surface area contributed by atoms with Gasteiger partial charge in [-0.25, -0.2) is 0 Å². The number of pyridine rings is 1. The molecule has 0 aliphatic rings. The average Bonchev–Trinajstić information content (AvgIpc) is 2.68.